The Hall–Kier alpha value is -1.63. The average Bonchev–Trinajstić information content (AvgIpc) is 2.41. The van der Waals surface area contributed by atoms with Crippen LogP contribution in [0.2, 0.25) is 5.02 Å². The number of halogens is 1. The van der Waals surface area contributed by atoms with E-state index in [2.05, 4.69) is 9.71 Å². The zero-order valence-corrected chi connectivity index (χ0v) is 12.3. The van der Waals surface area contributed by atoms with Gasteiger partial charge in [-0.25, -0.2) is 13.4 Å². The van der Waals surface area contributed by atoms with Crippen LogP contribution in [0.3, 0.4) is 0 Å². The number of nitrogens with zero attached hydrogens (tertiary/aromatic N) is 1. The Labute approximate surface area is 122 Å². The number of pyridine rings is 1. The first-order valence-corrected chi connectivity index (χ1v) is 7.74. The first-order chi connectivity index (χ1) is 9.38. The molecule has 1 atom stereocenters. The van der Waals surface area contributed by atoms with Crippen molar-refractivity contribution in [3.63, 3.8) is 0 Å². The van der Waals surface area contributed by atoms with Crippen LogP contribution in [-0.2, 0) is 10.0 Å². The minimum atomic E-state index is -3.69. The Morgan fingerprint density at radius 2 is 2.05 bits per heavy atom. The molecule has 1 heterocycles. The Kier molecular flexibility index (Phi) is 4.27. The predicted molar refractivity (Wildman–Crippen MR) is 79.1 cm³/mol. The summed E-state index contributed by atoms with van der Waals surface area (Å²) in [6, 6.07) is 9.30. The van der Waals surface area contributed by atoms with Gasteiger partial charge in [0.2, 0.25) is 0 Å². The van der Waals surface area contributed by atoms with Gasteiger partial charge < -0.3 is 5.73 Å². The SMILES string of the molecule is CC(N)c1cccc(S(=O)(=O)Nc2ccc(Cl)cn2)c1. The number of nitrogens with one attached hydrogen (secondary N) is 1. The molecule has 0 radical (unpaired) electrons. The van der Waals surface area contributed by atoms with Gasteiger partial charge in [-0.1, -0.05) is 23.7 Å². The maximum Gasteiger partial charge on any atom is 0.263 e. The summed E-state index contributed by atoms with van der Waals surface area (Å²) in [6.07, 6.45) is 1.37. The largest absolute Gasteiger partial charge is 0.324 e. The summed E-state index contributed by atoms with van der Waals surface area (Å²) in [4.78, 5) is 4.04. The Balaban J connectivity index is 2.30. The number of hydrogen-bond acceptors (Lipinski definition) is 4. The van der Waals surface area contributed by atoms with E-state index in [-0.39, 0.29) is 16.8 Å². The molecule has 20 heavy (non-hydrogen) atoms. The molecule has 7 heteroatoms. The zero-order chi connectivity index (χ0) is 14.8. The molecule has 106 valence electrons. The van der Waals surface area contributed by atoms with Crippen LogP contribution in [0.1, 0.15) is 18.5 Å². The van der Waals surface area contributed by atoms with Gasteiger partial charge in [-0.05, 0) is 36.8 Å². The molecule has 0 bridgehead atoms. The van der Waals surface area contributed by atoms with Crippen LogP contribution < -0.4 is 10.5 Å². The van der Waals surface area contributed by atoms with Crippen molar-refractivity contribution in [2.24, 2.45) is 5.73 Å². The van der Waals surface area contributed by atoms with E-state index in [1.807, 2.05) is 0 Å². The van der Waals surface area contributed by atoms with Crippen molar-refractivity contribution in [3.05, 3.63) is 53.2 Å². The highest BCUT2D eigenvalue weighted by Gasteiger charge is 2.15. The van der Waals surface area contributed by atoms with Crippen LogP contribution in [0, 0.1) is 0 Å². The molecule has 2 rings (SSSR count). The molecule has 0 aliphatic heterocycles. The van der Waals surface area contributed by atoms with Gasteiger partial charge in [0.1, 0.15) is 5.82 Å². The second-order valence-electron chi connectivity index (χ2n) is 4.33. The van der Waals surface area contributed by atoms with Gasteiger partial charge in [-0.3, -0.25) is 4.72 Å². The maximum atomic E-state index is 12.2. The highest BCUT2D eigenvalue weighted by atomic mass is 35.5. The number of hydrogen-bond donors (Lipinski definition) is 2. The highest BCUT2D eigenvalue weighted by molar-refractivity contribution is 7.92. The second kappa shape index (κ2) is 5.78. The number of aromatic nitrogens is 1. The van der Waals surface area contributed by atoms with E-state index in [0.29, 0.717) is 5.02 Å². The highest BCUT2D eigenvalue weighted by Crippen LogP contribution is 2.19. The number of sulfonamides is 1. The lowest BCUT2D eigenvalue weighted by Gasteiger charge is -2.10. The van der Waals surface area contributed by atoms with Crippen LogP contribution in [0.15, 0.2) is 47.5 Å². The van der Waals surface area contributed by atoms with Gasteiger partial charge >= 0.3 is 0 Å². The third-order valence-electron chi connectivity index (χ3n) is 2.66. The number of anilines is 1. The van der Waals surface area contributed by atoms with E-state index in [0.717, 1.165) is 5.56 Å². The number of nitrogens with two attached hydrogens (primary N) is 1. The third-order valence-corrected chi connectivity index (χ3v) is 4.24. The van der Waals surface area contributed by atoms with Gasteiger partial charge in [0.15, 0.2) is 0 Å². The van der Waals surface area contributed by atoms with Gasteiger partial charge in [0, 0.05) is 12.2 Å². The van der Waals surface area contributed by atoms with Crippen LogP contribution >= 0.6 is 11.6 Å². The summed E-state index contributed by atoms with van der Waals surface area (Å²) < 4.78 is 26.9. The fourth-order valence-electron chi connectivity index (χ4n) is 1.60. The second-order valence-corrected chi connectivity index (χ2v) is 6.45. The Bertz CT molecular complexity index is 700. The average molecular weight is 312 g/mol. The number of benzene rings is 1. The van der Waals surface area contributed by atoms with E-state index in [9.17, 15) is 8.42 Å². The molecule has 0 fully saturated rings. The predicted octanol–water partition coefficient (Wildman–Crippen LogP) is 2.56. The summed E-state index contributed by atoms with van der Waals surface area (Å²) >= 11 is 5.70. The van der Waals surface area contributed by atoms with Crippen molar-refractivity contribution in [1.82, 2.24) is 4.98 Å². The summed E-state index contributed by atoms with van der Waals surface area (Å²) in [5.41, 5.74) is 6.50. The molecule has 3 N–H and O–H groups in total. The lowest BCUT2D eigenvalue weighted by atomic mass is 10.1. The van der Waals surface area contributed by atoms with Crippen molar-refractivity contribution in [1.29, 1.82) is 0 Å². The summed E-state index contributed by atoms with van der Waals surface area (Å²) in [7, 11) is -3.69. The molecule has 0 aliphatic carbocycles. The molecular weight excluding hydrogens is 298 g/mol. The lowest BCUT2D eigenvalue weighted by Crippen LogP contribution is -2.15. The van der Waals surface area contributed by atoms with Gasteiger partial charge in [0.05, 0.1) is 9.92 Å². The van der Waals surface area contributed by atoms with Crippen LogP contribution in [0.4, 0.5) is 5.82 Å². The van der Waals surface area contributed by atoms with Crippen molar-refractivity contribution >= 4 is 27.4 Å². The maximum absolute atomic E-state index is 12.2. The fourth-order valence-corrected chi connectivity index (χ4v) is 2.77. The molecule has 1 aromatic carbocycles. The summed E-state index contributed by atoms with van der Waals surface area (Å²) in [5.74, 6) is 0.209. The molecule has 1 unspecified atom stereocenters. The molecule has 0 spiro atoms. The third kappa shape index (κ3) is 3.47. The first kappa shape index (κ1) is 14.8. The molecule has 0 saturated carbocycles. The van der Waals surface area contributed by atoms with Crippen molar-refractivity contribution in [2.75, 3.05) is 4.72 Å². The Morgan fingerprint density at radius 1 is 1.30 bits per heavy atom. The smallest absolute Gasteiger partial charge is 0.263 e. The fraction of sp³-hybridized carbons (Fsp3) is 0.154. The Morgan fingerprint density at radius 3 is 2.65 bits per heavy atom. The summed E-state index contributed by atoms with van der Waals surface area (Å²) in [6.45, 7) is 1.79. The normalized spacial score (nSPS) is 12.9. The zero-order valence-electron chi connectivity index (χ0n) is 10.7. The molecule has 1 aromatic heterocycles. The van der Waals surface area contributed by atoms with E-state index >= 15 is 0 Å². The van der Waals surface area contributed by atoms with Gasteiger partial charge in [0.25, 0.3) is 10.0 Å². The minimum Gasteiger partial charge on any atom is -0.324 e. The minimum absolute atomic E-state index is 0.143. The van der Waals surface area contributed by atoms with E-state index in [1.165, 1.54) is 18.3 Å². The van der Waals surface area contributed by atoms with E-state index < -0.39 is 10.0 Å². The van der Waals surface area contributed by atoms with Crippen LogP contribution in [0.5, 0.6) is 0 Å². The van der Waals surface area contributed by atoms with Gasteiger partial charge in [-0.2, -0.15) is 0 Å². The molecule has 5 nitrogen and oxygen atoms in total. The van der Waals surface area contributed by atoms with E-state index in [1.54, 1.807) is 31.2 Å². The molecular formula is C13H14ClN3O2S. The molecule has 2 aromatic rings. The quantitative estimate of drug-likeness (QED) is 0.908. The van der Waals surface area contributed by atoms with Crippen LogP contribution in [0.25, 0.3) is 0 Å². The van der Waals surface area contributed by atoms with Crippen molar-refractivity contribution < 1.29 is 8.42 Å². The van der Waals surface area contributed by atoms with Crippen LogP contribution in [-0.4, -0.2) is 13.4 Å². The molecule has 0 amide bonds. The van der Waals surface area contributed by atoms with Gasteiger partial charge in [-0.15, -0.1) is 0 Å². The standard InChI is InChI=1S/C13H14ClN3O2S/c1-9(15)10-3-2-4-12(7-10)20(18,19)17-13-6-5-11(14)8-16-13/h2-9H,15H2,1H3,(H,16,17). The molecule has 0 saturated heterocycles. The molecule has 0 aliphatic rings. The van der Waals surface area contributed by atoms with Crippen molar-refractivity contribution in [3.8, 4) is 0 Å². The monoisotopic (exact) mass is 311 g/mol. The van der Waals surface area contributed by atoms with E-state index in [4.69, 9.17) is 17.3 Å². The number of rotatable bonds is 4. The lowest BCUT2D eigenvalue weighted by molar-refractivity contribution is 0.600. The van der Waals surface area contributed by atoms with Crippen molar-refractivity contribution in [2.45, 2.75) is 17.9 Å². The summed E-state index contributed by atoms with van der Waals surface area (Å²) in [5, 5.41) is 0.437. The first-order valence-electron chi connectivity index (χ1n) is 5.88. The topological polar surface area (TPSA) is 85.1 Å².